The molecule has 2 aromatic carbocycles. The summed E-state index contributed by atoms with van der Waals surface area (Å²) in [6.45, 7) is 8.31. The van der Waals surface area contributed by atoms with Gasteiger partial charge in [-0.3, -0.25) is 0 Å². The van der Waals surface area contributed by atoms with Gasteiger partial charge in [-0.25, -0.2) is 19.9 Å². The highest BCUT2D eigenvalue weighted by atomic mass is 127. The van der Waals surface area contributed by atoms with Crippen molar-refractivity contribution in [3.05, 3.63) is 102 Å². The summed E-state index contributed by atoms with van der Waals surface area (Å²) < 4.78 is 24.6. The molecule has 1 saturated heterocycles. The molecule has 0 N–H and O–H groups in total. The van der Waals surface area contributed by atoms with Crippen LogP contribution in [0.1, 0.15) is 55.9 Å². The smallest absolute Gasteiger partial charge is 0.462 e. The number of ether oxygens (including phenoxy) is 2. The largest absolute Gasteiger partial charge is 0.479 e. The molecular weight excluding hydrogens is 830 g/mol. The lowest BCUT2D eigenvalue weighted by Crippen LogP contribution is -2.41. The summed E-state index contributed by atoms with van der Waals surface area (Å²) >= 11 is 8.82. The van der Waals surface area contributed by atoms with Gasteiger partial charge in [0.1, 0.15) is 15.8 Å². The molecule has 0 atom stereocenters. The second-order valence-electron chi connectivity index (χ2n) is 10.8. The summed E-state index contributed by atoms with van der Waals surface area (Å²) in [7, 11) is 2.79. The van der Waals surface area contributed by atoms with Gasteiger partial charge in [-0.15, -0.1) is 0 Å². The molecule has 0 spiro atoms. The molecule has 0 aliphatic carbocycles. The Morgan fingerprint density at radius 3 is 1.70 bits per heavy atom. The predicted molar refractivity (Wildman–Crippen MR) is 190 cm³/mol. The zero-order valence-corrected chi connectivity index (χ0v) is 31.5. The van der Waals surface area contributed by atoms with E-state index in [-0.39, 0.29) is 41.5 Å². The van der Waals surface area contributed by atoms with Gasteiger partial charge in [-0.1, -0.05) is 56.1 Å². The van der Waals surface area contributed by atoms with Gasteiger partial charge >= 0.3 is 7.12 Å². The summed E-state index contributed by atoms with van der Waals surface area (Å²) in [4.78, 5) is 16.0. The molecule has 1 aliphatic rings. The SMILES string of the molecule is CC1(C)OB(Cc2ccc(Br)cc2)OC1(C)C.COc1nc(Cc2ccc(Br)cc2)cnc1C#N.COc1nc(I)cnc1C#N. The van der Waals surface area contributed by atoms with Gasteiger partial charge in [-0.2, -0.15) is 10.5 Å². The molecule has 0 saturated carbocycles. The van der Waals surface area contributed by atoms with Crippen LogP contribution in [0.15, 0.2) is 69.9 Å². The number of nitriles is 2. The number of aromatic nitrogens is 4. The van der Waals surface area contributed by atoms with Crippen LogP contribution >= 0.6 is 54.5 Å². The normalized spacial score (nSPS) is 14.0. The summed E-state index contributed by atoms with van der Waals surface area (Å²) in [6.07, 6.45) is 4.56. The third kappa shape index (κ3) is 10.7. The fourth-order valence-corrected chi connectivity index (χ4v) is 4.84. The van der Waals surface area contributed by atoms with Crippen LogP contribution in [0.25, 0.3) is 0 Å². The highest BCUT2D eigenvalue weighted by molar-refractivity contribution is 14.1. The van der Waals surface area contributed by atoms with Gasteiger partial charge in [0.2, 0.25) is 11.4 Å². The molecule has 5 rings (SSSR count). The van der Waals surface area contributed by atoms with Crippen molar-refractivity contribution in [1.82, 2.24) is 19.9 Å². The Labute approximate surface area is 300 Å². The zero-order valence-electron chi connectivity index (χ0n) is 26.2. The maximum atomic E-state index is 8.82. The number of hydrogen-bond acceptors (Lipinski definition) is 10. The van der Waals surface area contributed by atoms with E-state index in [9.17, 15) is 0 Å². The average Bonchev–Trinajstić information content (AvgIpc) is 3.24. The number of halogens is 3. The van der Waals surface area contributed by atoms with Gasteiger partial charge < -0.3 is 18.8 Å². The van der Waals surface area contributed by atoms with Crippen molar-refractivity contribution < 1.29 is 18.8 Å². The van der Waals surface area contributed by atoms with Crippen LogP contribution in [-0.2, 0) is 22.0 Å². The molecule has 46 heavy (non-hydrogen) atoms. The molecule has 238 valence electrons. The van der Waals surface area contributed by atoms with Crippen molar-refractivity contribution >= 4 is 61.6 Å². The fourth-order valence-electron chi connectivity index (χ4n) is 3.95. The van der Waals surface area contributed by atoms with Crippen LogP contribution in [0.3, 0.4) is 0 Å². The van der Waals surface area contributed by atoms with Crippen LogP contribution in [0.2, 0.25) is 0 Å². The van der Waals surface area contributed by atoms with Crippen molar-refractivity contribution in [2.24, 2.45) is 0 Å². The van der Waals surface area contributed by atoms with Crippen LogP contribution in [-0.4, -0.2) is 52.5 Å². The Morgan fingerprint density at radius 2 is 1.22 bits per heavy atom. The summed E-state index contributed by atoms with van der Waals surface area (Å²) in [6, 6.07) is 20.1. The molecule has 4 aromatic rings. The van der Waals surface area contributed by atoms with Crippen LogP contribution < -0.4 is 9.47 Å². The van der Waals surface area contributed by atoms with Gasteiger partial charge in [-0.05, 0) is 85.7 Å². The van der Waals surface area contributed by atoms with Gasteiger partial charge in [0.15, 0.2) is 0 Å². The Bertz CT molecular complexity index is 1680. The summed E-state index contributed by atoms with van der Waals surface area (Å²) in [5.74, 6) is 0.548. The maximum Gasteiger partial charge on any atom is 0.462 e. The lowest BCUT2D eigenvalue weighted by Gasteiger charge is -2.32. The highest BCUT2D eigenvalue weighted by Crippen LogP contribution is 2.37. The average molecular weight is 862 g/mol. The minimum absolute atomic E-state index is 0.152. The van der Waals surface area contributed by atoms with Gasteiger partial charge in [0.25, 0.3) is 11.8 Å². The number of rotatable bonds is 6. The maximum absolute atomic E-state index is 8.82. The minimum Gasteiger partial charge on any atom is -0.479 e. The first-order chi connectivity index (χ1) is 21.8. The first-order valence-electron chi connectivity index (χ1n) is 13.9. The quantitative estimate of drug-likeness (QED) is 0.144. The first-order valence-corrected chi connectivity index (χ1v) is 16.6. The fraction of sp³-hybridized carbons (Fsp3) is 0.312. The van der Waals surface area contributed by atoms with E-state index in [1.54, 1.807) is 6.20 Å². The monoisotopic (exact) mass is 860 g/mol. The van der Waals surface area contributed by atoms with Crippen molar-refractivity contribution in [1.29, 1.82) is 10.5 Å². The topological polar surface area (TPSA) is 136 Å². The summed E-state index contributed by atoms with van der Waals surface area (Å²) in [5.41, 5.74) is 3.06. The lowest BCUT2D eigenvalue weighted by atomic mass is 9.81. The molecule has 3 heterocycles. The minimum atomic E-state index is -0.243. The number of nitrogens with zero attached hydrogens (tertiary/aromatic N) is 6. The molecule has 1 fully saturated rings. The molecule has 14 heteroatoms. The van der Waals surface area contributed by atoms with Gasteiger partial charge in [0.05, 0.1) is 43.5 Å². The van der Waals surface area contributed by atoms with E-state index < -0.39 is 0 Å². The highest BCUT2D eigenvalue weighted by Gasteiger charge is 2.50. The predicted octanol–water partition coefficient (Wildman–Crippen LogP) is 7.29. The molecule has 2 aromatic heterocycles. The van der Waals surface area contributed by atoms with Crippen molar-refractivity contribution in [2.75, 3.05) is 14.2 Å². The number of hydrogen-bond donors (Lipinski definition) is 0. The van der Waals surface area contributed by atoms with Crippen LogP contribution in [0, 0.1) is 26.4 Å². The number of benzene rings is 2. The van der Waals surface area contributed by atoms with E-state index in [1.165, 1.54) is 26.0 Å². The molecule has 1 aliphatic heterocycles. The van der Waals surface area contributed by atoms with Crippen LogP contribution in [0.5, 0.6) is 11.8 Å². The molecular formula is C32H32BBr2IN6O4. The van der Waals surface area contributed by atoms with E-state index in [0.717, 1.165) is 26.5 Å². The Hall–Kier alpha value is -3.15. The molecule has 0 bridgehead atoms. The molecule has 0 amide bonds. The Kier molecular flexibility index (Phi) is 13.9. The van der Waals surface area contributed by atoms with Crippen molar-refractivity contribution in [3.8, 4) is 23.9 Å². The second-order valence-corrected chi connectivity index (χ2v) is 13.7. The van der Waals surface area contributed by atoms with Crippen molar-refractivity contribution in [2.45, 2.75) is 51.6 Å². The van der Waals surface area contributed by atoms with E-state index >= 15 is 0 Å². The Balaban J connectivity index is 0.000000194. The van der Waals surface area contributed by atoms with E-state index in [1.807, 2.05) is 71.1 Å². The van der Waals surface area contributed by atoms with E-state index in [0.29, 0.717) is 10.1 Å². The Morgan fingerprint density at radius 1 is 0.761 bits per heavy atom. The first kappa shape index (κ1) is 37.3. The van der Waals surface area contributed by atoms with Gasteiger partial charge in [0, 0.05) is 21.7 Å². The summed E-state index contributed by atoms with van der Waals surface area (Å²) in [5, 5.41) is 17.3. The molecule has 10 nitrogen and oxygen atoms in total. The zero-order chi connectivity index (χ0) is 33.9. The third-order valence-corrected chi connectivity index (χ3v) is 8.59. The number of methoxy groups -OCH3 is 2. The van der Waals surface area contributed by atoms with Crippen molar-refractivity contribution in [3.63, 3.8) is 0 Å². The second kappa shape index (κ2) is 17.1. The van der Waals surface area contributed by atoms with Crippen LogP contribution in [0.4, 0.5) is 0 Å². The lowest BCUT2D eigenvalue weighted by molar-refractivity contribution is 0.00578. The standard InChI is InChI=1S/C13H18BBrO2.C13H10BrN3O.C6H4IN3O/c1-12(2)13(3,4)17-14(16-12)9-10-5-7-11(15)8-6-10;1-18-13-12(7-15)16-8-11(17-13)6-9-2-4-10(14)5-3-9;1-11-6-4(2-8)9-3-5(7)10-6/h5-8H,9H2,1-4H3;2-5,8H,6H2,1H3;3H,1H3. The third-order valence-electron chi connectivity index (χ3n) is 7.02. The molecule has 0 unspecified atom stereocenters. The van der Waals surface area contributed by atoms with E-state index in [2.05, 4.69) is 91.6 Å². The van der Waals surface area contributed by atoms with E-state index in [4.69, 9.17) is 29.3 Å². The molecule has 0 radical (unpaired) electrons.